The van der Waals surface area contributed by atoms with Crippen molar-refractivity contribution in [1.29, 1.82) is 0 Å². The molecule has 13 rings (SSSR count). The lowest BCUT2D eigenvalue weighted by Crippen LogP contribution is -2.04. The van der Waals surface area contributed by atoms with Crippen molar-refractivity contribution in [2.24, 2.45) is 0 Å². The Bertz CT molecular complexity index is 3870. The first-order valence-corrected chi connectivity index (χ1v) is 20.6. The van der Waals surface area contributed by atoms with Gasteiger partial charge in [0.25, 0.3) is 0 Å². The summed E-state index contributed by atoms with van der Waals surface area (Å²) < 4.78 is 11.7. The minimum absolute atomic E-state index is 0.568. The van der Waals surface area contributed by atoms with Crippen LogP contribution in [0.2, 0.25) is 0 Å². The molecule has 0 radical (unpaired) electrons. The molecule has 0 saturated heterocycles. The summed E-state index contributed by atoms with van der Waals surface area (Å²) in [4.78, 5) is 16.0. The van der Waals surface area contributed by atoms with Gasteiger partial charge in [0.2, 0.25) is 0 Å². The number of benzene rings is 9. The Morgan fingerprint density at radius 1 is 0.390 bits per heavy atom. The Hall–Kier alpha value is -7.67. The Morgan fingerprint density at radius 2 is 1.00 bits per heavy atom. The van der Waals surface area contributed by atoms with E-state index >= 15 is 0 Å². The summed E-state index contributed by atoms with van der Waals surface area (Å²) in [7, 11) is 0. The molecule has 59 heavy (non-hydrogen) atoms. The van der Waals surface area contributed by atoms with Crippen LogP contribution in [0.25, 0.3) is 125 Å². The standard InChI is InChI=1S/C53H30N4OS/c1-2-12-32-27-35(22-21-31(32)11-1)51-54-52(36-23-24-40-39-17-7-10-20-47(39)59-48(40)30-36)56-53(55-51)42-26-25-41-38-16-6-9-19-46(38)58-50(41)49(42)57-44-18-8-5-15-37(44)43-28-33-13-3-4-14-34(33)29-45(43)57/h1-30H. The van der Waals surface area contributed by atoms with Crippen LogP contribution in [0.15, 0.2) is 186 Å². The van der Waals surface area contributed by atoms with E-state index in [9.17, 15) is 0 Å². The number of furan rings is 1. The molecule has 0 fully saturated rings. The molecule has 0 aliphatic heterocycles. The number of rotatable bonds is 4. The number of hydrogen-bond donors (Lipinski definition) is 0. The maximum atomic E-state index is 6.92. The highest BCUT2D eigenvalue weighted by Gasteiger charge is 2.25. The molecule has 0 atom stereocenters. The maximum absolute atomic E-state index is 6.92. The minimum atomic E-state index is 0.568. The van der Waals surface area contributed by atoms with Gasteiger partial charge in [-0.1, -0.05) is 127 Å². The maximum Gasteiger partial charge on any atom is 0.166 e. The number of para-hydroxylation sites is 2. The monoisotopic (exact) mass is 770 g/mol. The molecule has 0 aliphatic rings. The lowest BCUT2D eigenvalue weighted by atomic mass is 10.0. The van der Waals surface area contributed by atoms with Crippen molar-refractivity contribution >= 4 is 96.8 Å². The van der Waals surface area contributed by atoms with Gasteiger partial charge in [-0.3, -0.25) is 0 Å². The molecule has 5 nitrogen and oxygen atoms in total. The lowest BCUT2D eigenvalue weighted by molar-refractivity contribution is 0.666. The Balaban J connectivity index is 1.14. The number of hydrogen-bond acceptors (Lipinski definition) is 5. The summed E-state index contributed by atoms with van der Waals surface area (Å²) in [6, 6.07) is 64.4. The van der Waals surface area contributed by atoms with Crippen LogP contribution in [0.4, 0.5) is 0 Å². The summed E-state index contributed by atoms with van der Waals surface area (Å²) in [6.07, 6.45) is 0. The molecule has 0 bridgehead atoms. The van der Waals surface area contributed by atoms with Gasteiger partial charge >= 0.3 is 0 Å². The molecule has 4 heterocycles. The van der Waals surface area contributed by atoms with Gasteiger partial charge in [-0.25, -0.2) is 15.0 Å². The molecule has 0 N–H and O–H groups in total. The van der Waals surface area contributed by atoms with Gasteiger partial charge in [0.15, 0.2) is 23.1 Å². The third-order valence-electron chi connectivity index (χ3n) is 11.8. The second-order valence-electron chi connectivity index (χ2n) is 15.2. The lowest BCUT2D eigenvalue weighted by Gasteiger charge is -2.15. The Kier molecular flexibility index (Phi) is 6.82. The number of thiophene rings is 1. The predicted molar refractivity (Wildman–Crippen MR) is 246 cm³/mol. The number of fused-ring (bicyclic) bond motifs is 11. The van der Waals surface area contributed by atoms with Crippen LogP contribution in [0.5, 0.6) is 0 Å². The Morgan fingerprint density at radius 3 is 1.85 bits per heavy atom. The topological polar surface area (TPSA) is 56.7 Å². The number of nitrogens with zero attached hydrogens (tertiary/aromatic N) is 4. The average Bonchev–Trinajstić information content (AvgIpc) is 3.97. The quantitative estimate of drug-likeness (QED) is 0.179. The largest absolute Gasteiger partial charge is 0.454 e. The minimum Gasteiger partial charge on any atom is -0.454 e. The summed E-state index contributed by atoms with van der Waals surface area (Å²) in [6.45, 7) is 0. The Labute approximate surface area is 341 Å². The molecule has 0 spiro atoms. The van der Waals surface area contributed by atoms with Crippen LogP contribution >= 0.6 is 11.3 Å². The van der Waals surface area contributed by atoms with Crippen LogP contribution < -0.4 is 0 Å². The van der Waals surface area contributed by atoms with E-state index in [1.54, 1.807) is 11.3 Å². The molecule has 6 heteroatoms. The van der Waals surface area contributed by atoms with E-state index in [0.29, 0.717) is 17.5 Å². The highest BCUT2D eigenvalue weighted by molar-refractivity contribution is 7.25. The zero-order valence-corrected chi connectivity index (χ0v) is 32.2. The average molecular weight is 771 g/mol. The van der Waals surface area contributed by atoms with Gasteiger partial charge in [-0.05, 0) is 76.1 Å². The third kappa shape index (κ3) is 4.94. The van der Waals surface area contributed by atoms with Crippen molar-refractivity contribution in [3.63, 3.8) is 0 Å². The highest BCUT2D eigenvalue weighted by Crippen LogP contribution is 2.44. The zero-order chi connectivity index (χ0) is 38.6. The van der Waals surface area contributed by atoms with E-state index in [2.05, 4.69) is 174 Å². The van der Waals surface area contributed by atoms with Crippen molar-refractivity contribution in [2.45, 2.75) is 0 Å². The fraction of sp³-hybridized carbons (Fsp3) is 0. The first-order chi connectivity index (χ1) is 29.2. The SMILES string of the molecule is c1ccc2cc(-c3nc(-c4ccc5c(c4)sc4ccccc45)nc(-c4ccc5c(oc6ccccc65)c4-n4c5ccccc5c5cc6ccccc6cc54)n3)ccc2c1. The van der Waals surface area contributed by atoms with Gasteiger partial charge < -0.3 is 8.98 Å². The van der Waals surface area contributed by atoms with E-state index in [0.717, 1.165) is 71.5 Å². The van der Waals surface area contributed by atoms with E-state index in [-0.39, 0.29) is 0 Å². The van der Waals surface area contributed by atoms with Gasteiger partial charge in [-0.15, -0.1) is 11.3 Å². The first kappa shape index (κ1) is 32.4. The molecule has 0 aliphatic carbocycles. The predicted octanol–water partition coefficient (Wildman–Crippen LogP) is 14.5. The van der Waals surface area contributed by atoms with Crippen LogP contribution in [0, 0.1) is 0 Å². The normalized spacial score (nSPS) is 12.1. The molecular weight excluding hydrogens is 741 g/mol. The van der Waals surface area contributed by atoms with Gasteiger partial charge in [0.1, 0.15) is 11.3 Å². The molecule has 0 amide bonds. The second kappa shape index (κ2) is 12.4. The molecule has 13 aromatic rings. The molecule has 274 valence electrons. The molecular formula is C53H30N4OS. The fourth-order valence-corrected chi connectivity index (χ4v) is 10.2. The van der Waals surface area contributed by atoms with Gasteiger partial charge in [-0.2, -0.15) is 0 Å². The molecule has 9 aromatic carbocycles. The molecule has 4 aromatic heterocycles. The summed E-state index contributed by atoms with van der Waals surface area (Å²) in [5, 5.41) is 11.6. The molecule has 0 unspecified atom stereocenters. The van der Waals surface area contributed by atoms with Crippen LogP contribution in [-0.4, -0.2) is 19.5 Å². The van der Waals surface area contributed by atoms with Crippen molar-refractivity contribution in [2.75, 3.05) is 0 Å². The number of aromatic nitrogens is 4. The van der Waals surface area contributed by atoms with E-state index in [1.807, 2.05) is 12.1 Å². The second-order valence-corrected chi connectivity index (χ2v) is 16.3. The van der Waals surface area contributed by atoms with Gasteiger partial charge in [0, 0.05) is 58.4 Å². The summed E-state index contributed by atoms with van der Waals surface area (Å²) in [5.41, 5.74) is 7.36. The summed E-state index contributed by atoms with van der Waals surface area (Å²) in [5.74, 6) is 1.79. The summed E-state index contributed by atoms with van der Waals surface area (Å²) >= 11 is 1.79. The van der Waals surface area contributed by atoms with Crippen molar-refractivity contribution in [3.05, 3.63) is 182 Å². The smallest absolute Gasteiger partial charge is 0.166 e. The fourth-order valence-electron chi connectivity index (χ4n) is 9.02. The third-order valence-corrected chi connectivity index (χ3v) is 12.9. The van der Waals surface area contributed by atoms with Crippen molar-refractivity contribution < 1.29 is 4.42 Å². The molecule has 0 saturated carbocycles. The first-order valence-electron chi connectivity index (χ1n) is 19.8. The highest BCUT2D eigenvalue weighted by atomic mass is 32.1. The van der Waals surface area contributed by atoms with Crippen molar-refractivity contribution in [3.8, 4) is 39.9 Å². The van der Waals surface area contributed by atoms with Crippen LogP contribution in [0.1, 0.15) is 0 Å². The zero-order valence-electron chi connectivity index (χ0n) is 31.4. The van der Waals surface area contributed by atoms with Crippen LogP contribution in [0.3, 0.4) is 0 Å². The van der Waals surface area contributed by atoms with Gasteiger partial charge in [0.05, 0.1) is 11.0 Å². The van der Waals surface area contributed by atoms with Crippen LogP contribution in [-0.2, 0) is 0 Å². The van der Waals surface area contributed by atoms with E-state index in [4.69, 9.17) is 19.4 Å². The van der Waals surface area contributed by atoms with Crippen molar-refractivity contribution in [1.82, 2.24) is 19.5 Å². The van der Waals surface area contributed by atoms with E-state index < -0.39 is 0 Å². The van der Waals surface area contributed by atoms with E-state index in [1.165, 1.54) is 36.3 Å².